The molecule has 2 rings (SSSR count). The van der Waals surface area contributed by atoms with Gasteiger partial charge >= 0.3 is 0 Å². The van der Waals surface area contributed by atoms with E-state index in [2.05, 4.69) is 10.3 Å². The number of hydrogen-bond donors (Lipinski definition) is 2. The number of rotatable bonds is 8. The van der Waals surface area contributed by atoms with Gasteiger partial charge in [-0.25, -0.2) is 4.98 Å². The quantitative estimate of drug-likeness (QED) is 0.776. The van der Waals surface area contributed by atoms with Gasteiger partial charge in [0.05, 0.1) is 11.4 Å². The average molecular weight is 335 g/mol. The van der Waals surface area contributed by atoms with Crippen LogP contribution in [0.25, 0.3) is 0 Å². The normalized spacial score (nSPS) is 10.4. The van der Waals surface area contributed by atoms with E-state index < -0.39 is 0 Å². The molecule has 1 aromatic heterocycles. The van der Waals surface area contributed by atoms with Gasteiger partial charge in [0, 0.05) is 17.6 Å². The van der Waals surface area contributed by atoms with Crippen LogP contribution in [0.4, 0.5) is 5.13 Å². The smallest absolute Gasteiger partial charge is 0.227 e. The number of nitrogens with zero attached hydrogens (tertiary/aromatic N) is 1. The van der Waals surface area contributed by atoms with Crippen molar-refractivity contribution in [1.29, 1.82) is 0 Å². The average Bonchev–Trinajstić information content (AvgIpc) is 2.93. The fraction of sp³-hybridized carbons (Fsp3) is 0.267. The zero-order chi connectivity index (χ0) is 15.8. The minimum Gasteiger partial charge on any atom is -0.369 e. The lowest BCUT2D eigenvalue weighted by atomic mass is 10.1. The molecule has 0 saturated carbocycles. The van der Waals surface area contributed by atoms with Crippen molar-refractivity contribution in [3.63, 3.8) is 0 Å². The molecule has 0 atom stereocenters. The van der Waals surface area contributed by atoms with Crippen molar-refractivity contribution in [2.24, 2.45) is 5.73 Å². The first-order valence-corrected chi connectivity index (χ1v) is 8.81. The first-order valence-electron chi connectivity index (χ1n) is 6.77. The maximum Gasteiger partial charge on any atom is 0.227 e. The minimum absolute atomic E-state index is 0.0467. The molecule has 0 aliphatic rings. The molecular formula is C15H17N3O2S2. The number of aryl methyl sites for hydroxylation is 1. The molecule has 2 amide bonds. The predicted octanol–water partition coefficient (Wildman–Crippen LogP) is 2.43. The highest BCUT2D eigenvalue weighted by Gasteiger charge is 2.07. The molecule has 0 spiro atoms. The third-order valence-corrected chi connectivity index (χ3v) is 4.57. The molecule has 3 N–H and O–H groups in total. The van der Waals surface area contributed by atoms with E-state index in [-0.39, 0.29) is 17.6 Å². The zero-order valence-corrected chi connectivity index (χ0v) is 13.6. The van der Waals surface area contributed by atoms with Crippen LogP contribution >= 0.6 is 23.1 Å². The number of hydrogen-bond acceptors (Lipinski definition) is 5. The molecule has 116 valence electrons. The van der Waals surface area contributed by atoms with Crippen LogP contribution in [0, 0.1) is 0 Å². The van der Waals surface area contributed by atoms with Crippen LogP contribution in [0.2, 0.25) is 0 Å². The standard InChI is InChI=1S/C15H17N3O2S2/c16-13(19)10-21-8-12-9-22-15(17-12)18-14(20)7-6-11-4-2-1-3-5-11/h1-5,9H,6-8,10H2,(H2,16,19)(H,17,18,20). The summed E-state index contributed by atoms with van der Waals surface area (Å²) in [6.45, 7) is 0. The highest BCUT2D eigenvalue weighted by Crippen LogP contribution is 2.19. The molecule has 0 unspecified atom stereocenters. The van der Waals surface area contributed by atoms with E-state index in [9.17, 15) is 9.59 Å². The summed E-state index contributed by atoms with van der Waals surface area (Å²) in [7, 11) is 0. The van der Waals surface area contributed by atoms with E-state index in [1.165, 1.54) is 23.1 Å². The Hall–Kier alpha value is -1.86. The van der Waals surface area contributed by atoms with Gasteiger partial charge in [0.2, 0.25) is 11.8 Å². The van der Waals surface area contributed by atoms with E-state index in [0.717, 1.165) is 11.3 Å². The van der Waals surface area contributed by atoms with E-state index in [1.54, 1.807) is 0 Å². The fourth-order valence-corrected chi connectivity index (χ4v) is 3.26. The van der Waals surface area contributed by atoms with Crippen LogP contribution in [0.1, 0.15) is 17.7 Å². The molecule has 1 heterocycles. The predicted molar refractivity (Wildman–Crippen MR) is 90.9 cm³/mol. The number of benzene rings is 1. The largest absolute Gasteiger partial charge is 0.369 e. The maximum absolute atomic E-state index is 11.9. The van der Waals surface area contributed by atoms with Crippen molar-refractivity contribution in [2.75, 3.05) is 11.1 Å². The third kappa shape index (κ3) is 5.87. The molecule has 0 fully saturated rings. The number of primary amides is 1. The van der Waals surface area contributed by atoms with Gasteiger partial charge in [-0.3, -0.25) is 9.59 Å². The summed E-state index contributed by atoms with van der Waals surface area (Å²) in [6, 6.07) is 9.89. The molecule has 22 heavy (non-hydrogen) atoms. The summed E-state index contributed by atoms with van der Waals surface area (Å²) in [4.78, 5) is 26.9. The molecule has 5 nitrogen and oxygen atoms in total. The number of nitrogens with two attached hydrogens (primary N) is 1. The van der Waals surface area contributed by atoms with Crippen molar-refractivity contribution < 1.29 is 9.59 Å². The Labute approximate surface area is 137 Å². The van der Waals surface area contributed by atoms with E-state index in [0.29, 0.717) is 23.7 Å². The highest BCUT2D eigenvalue weighted by atomic mass is 32.2. The Kier molecular flexibility index (Phi) is 6.42. The van der Waals surface area contributed by atoms with Crippen LogP contribution in [0.5, 0.6) is 0 Å². The Morgan fingerprint density at radius 2 is 2.05 bits per heavy atom. The van der Waals surface area contributed by atoms with E-state index >= 15 is 0 Å². The summed E-state index contributed by atoms with van der Waals surface area (Å²) in [5.74, 6) is 0.500. The SMILES string of the molecule is NC(=O)CSCc1csc(NC(=O)CCc2ccccc2)n1. The molecule has 0 aliphatic heterocycles. The van der Waals surface area contributed by atoms with Gasteiger partial charge < -0.3 is 11.1 Å². The lowest BCUT2D eigenvalue weighted by molar-refractivity contribution is -0.116. The summed E-state index contributed by atoms with van der Waals surface area (Å²) < 4.78 is 0. The fourth-order valence-electron chi connectivity index (χ4n) is 1.77. The van der Waals surface area contributed by atoms with Crippen LogP contribution in [-0.4, -0.2) is 22.6 Å². The molecule has 0 radical (unpaired) electrons. The lowest BCUT2D eigenvalue weighted by Gasteiger charge is -2.02. The zero-order valence-electron chi connectivity index (χ0n) is 12.0. The number of carbonyl (C=O) groups is 2. The first-order chi connectivity index (χ1) is 10.6. The summed E-state index contributed by atoms with van der Waals surface area (Å²) in [6.07, 6.45) is 1.13. The van der Waals surface area contributed by atoms with Crippen LogP contribution in [0.3, 0.4) is 0 Å². The third-order valence-electron chi connectivity index (χ3n) is 2.78. The monoisotopic (exact) mass is 335 g/mol. The molecule has 1 aromatic carbocycles. The van der Waals surface area contributed by atoms with E-state index in [1.807, 2.05) is 35.7 Å². The van der Waals surface area contributed by atoms with Crippen molar-refractivity contribution in [3.05, 3.63) is 47.0 Å². The molecule has 7 heteroatoms. The molecule has 2 aromatic rings. The number of thiazole rings is 1. The second-order valence-corrected chi connectivity index (χ2v) is 6.48. The van der Waals surface area contributed by atoms with E-state index in [4.69, 9.17) is 5.73 Å². The summed E-state index contributed by atoms with van der Waals surface area (Å²) in [5.41, 5.74) is 7.06. The van der Waals surface area contributed by atoms with Gasteiger partial charge in [-0.05, 0) is 12.0 Å². The maximum atomic E-state index is 11.9. The molecule has 0 saturated heterocycles. The Morgan fingerprint density at radius 3 is 2.77 bits per heavy atom. The van der Waals surface area contributed by atoms with Crippen molar-refractivity contribution in [2.45, 2.75) is 18.6 Å². The molecular weight excluding hydrogens is 318 g/mol. The van der Waals surface area contributed by atoms with Crippen LogP contribution < -0.4 is 11.1 Å². The number of amides is 2. The lowest BCUT2D eigenvalue weighted by Crippen LogP contribution is -2.13. The molecule has 0 bridgehead atoms. The van der Waals surface area contributed by atoms with Gasteiger partial charge in [0.1, 0.15) is 0 Å². The first kappa shape index (κ1) is 16.5. The number of carbonyl (C=O) groups excluding carboxylic acids is 2. The van der Waals surface area contributed by atoms with Gasteiger partial charge in [0.15, 0.2) is 5.13 Å². The number of anilines is 1. The number of thioether (sulfide) groups is 1. The van der Waals surface area contributed by atoms with Gasteiger partial charge in [-0.1, -0.05) is 30.3 Å². The van der Waals surface area contributed by atoms with Gasteiger partial charge in [-0.2, -0.15) is 0 Å². The minimum atomic E-state index is -0.338. The molecule has 0 aliphatic carbocycles. The topological polar surface area (TPSA) is 85.1 Å². The summed E-state index contributed by atoms with van der Waals surface area (Å²) >= 11 is 2.80. The summed E-state index contributed by atoms with van der Waals surface area (Å²) in [5, 5.41) is 5.27. The Morgan fingerprint density at radius 1 is 1.27 bits per heavy atom. The Bertz CT molecular complexity index is 629. The highest BCUT2D eigenvalue weighted by molar-refractivity contribution is 7.99. The van der Waals surface area contributed by atoms with Gasteiger partial charge in [0.25, 0.3) is 0 Å². The van der Waals surface area contributed by atoms with Crippen molar-refractivity contribution >= 4 is 40.0 Å². The van der Waals surface area contributed by atoms with Crippen molar-refractivity contribution in [1.82, 2.24) is 4.98 Å². The number of aromatic nitrogens is 1. The van der Waals surface area contributed by atoms with Gasteiger partial charge in [-0.15, -0.1) is 23.1 Å². The van der Waals surface area contributed by atoms with Crippen LogP contribution in [0.15, 0.2) is 35.7 Å². The van der Waals surface area contributed by atoms with Crippen molar-refractivity contribution in [3.8, 4) is 0 Å². The number of nitrogens with one attached hydrogen (secondary N) is 1. The Balaban J connectivity index is 1.75. The second-order valence-electron chi connectivity index (χ2n) is 4.64. The second kappa shape index (κ2) is 8.55. The van der Waals surface area contributed by atoms with Crippen LogP contribution in [-0.2, 0) is 21.8 Å².